The first-order valence-corrected chi connectivity index (χ1v) is 8.44. The highest BCUT2D eigenvalue weighted by Gasteiger charge is 2.30. The molecule has 0 spiro atoms. The third-order valence-electron chi connectivity index (χ3n) is 4.21. The first kappa shape index (κ1) is 17.9. The van der Waals surface area contributed by atoms with Gasteiger partial charge >= 0.3 is 6.18 Å². The van der Waals surface area contributed by atoms with Gasteiger partial charge in [0.15, 0.2) is 0 Å². The van der Waals surface area contributed by atoms with E-state index in [1.807, 2.05) is 30.3 Å². The molecule has 0 saturated heterocycles. The van der Waals surface area contributed by atoms with Gasteiger partial charge in [-0.15, -0.1) is 0 Å². The van der Waals surface area contributed by atoms with Gasteiger partial charge in [-0.3, -0.25) is 0 Å². The van der Waals surface area contributed by atoms with E-state index >= 15 is 0 Å². The van der Waals surface area contributed by atoms with Gasteiger partial charge in [-0.2, -0.15) is 13.2 Å². The van der Waals surface area contributed by atoms with E-state index in [0.29, 0.717) is 22.1 Å². The Balaban J connectivity index is 1.97. The van der Waals surface area contributed by atoms with Crippen molar-refractivity contribution in [3.8, 4) is 17.1 Å². The minimum Gasteiger partial charge on any atom is -0.508 e. The lowest BCUT2D eigenvalue weighted by atomic mass is 10.1. The fourth-order valence-corrected chi connectivity index (χ4v) is 2.89. The third-order valence-corrected chi connectivity index (χ3v) is 4.21. The van der Waals surface area contributed by atoms with Crippen LogP contribution in [0, 0.1) is 0 Å². The van der Waals surface area contributed by atoms with Crippen molar-refractivity contribution in [1.29, 1.82) is 0 Å². The Bertz CT molecular complexity index is 1210. The molecule has 0 aliphatic rings. The minimum absolute atomic E-state index is 0.00986. The van der Waals surface area contributed by atoms with Crippen LogP contribution in [0.5, 0.6) is 5.75 Å². The van der Waals surface area contributed by atoms with Gasteiger partial charge in [-0.05, 0) is 36.4 Å². The van der Waals surface area contributed by atoms with Gasteiger partial charge in [-0.25, -0.2) is 4.99 Å². The van der Waals surface area contributed by atoms with E-state index in [4.69, 9.17) is 4.42 Å². The van der Waals surface area contributed by atoms with E-state index in [1.165, 1.54) is 24.3 Å². The summed E-state index contributed by atoms with van der Waals surface area (Å²) in [4.78, 5) is 4.40. The number of nitrogens with zero attached hydrogens (tertiary/aromatic N) is 1. The van der Waals surface area contributed by atoms with Crippen molar-refractivity contribution in [1.82, 2.24) is 0 Å². The lowest BCUT2D eigenvalue weighted by Crippen LogP contribution is -2.05. The number of hydrogen-bond donors (Lipinski definition) is 1. The standard InChI is InChI=1S/C22H14F3NO2/c23-22(24,25)15-7-4-8-16(11-15)26-19-13-21(14-5-2-1-3-6-14)28-20-10-9-17(27)12-18(19)20/h1-13,27H. The van der Waals surface area contributed by atoms with Gasteiger partial charge in [-0.1, -0.05) is 36.4 Å². The largest absolute Gasteiger partial charge is 0.508 e. The summed E-state index contributed by atoms with van der Waals surface area (Å²) in [6.07, 6.45) is -4.45. The minimum atomic E-state index is -4.45. The second kappa shape index (κ2) is 6.88. The molecule has 1 aromatic heterocycles. The van der Waals surface area contributed by atoms with Crippen molar-refractivity contribution in [3.63, 3.8) is 0 Å². The van der Waals surface area contributed by atoms with Crippen LogP contribution in [0.25, 0.3) is 22.3 Å². The molecule has 3 aromatic carbocycles. The van der Waals surface area contributed by atoms with E-state index in [0.717, 1.165) is 17.7 Å². The summed E-state index contributed by atoms with van der Waals surface area (Å²) in [5.41, 5.74) is 0.650. The van der Waals surface area contributed by atoms with Crippen molar-refractivity contribution < 1.29 is 22.7 Å². The van der Waals surface area contributed by atoms with Crippen LogP contribution >= 0.6 is 0 Å². The number of halogens is 3. The van der Waals surface area contributed by atoms with Gasteiger partial charge in [0.05, 0.1) is 16.6 Å². The molecule has 0 bridgehead atoms. The summed E-state index contributed by atoms with van der Waals surface area (Å²) in [6, 6.07) is 20.3. The van der Waals surface area contributed by atoms with E-state index in [1.54, 1.807) is 12.1 Å². The van der Waals surface area contributed by atoms with Crippen LogP contribution in [0.3, 0.4) is 0 Å². The van der Waals surface area contributed by atoms with Crippen molar-refractivity contribution in [2.24, 2.45) is 4.99 Å². The van der Waals surface area contributed by atoms with E-state index in [-0.39, 0.29) is 11.4 Å². The Kier molecular flexibility index (Phi) is 4.39. The van der Waals surface area contributed by atoms with Crippen molar-refractivity contribution >= 4 is 16.7 Å². The summed E-state index contributed by atoms with van der Waals surface area (Å²) < 4.78 is 44.9. The number of benzene rings is 3. The lowest BCUT2D eigenvalue weighted by molar-refractivity contribution is -0.137. The van der Waals surface area contributed by atoms with Crippen LogP contribution in [-0.2, 0) is 6.18 Å². The van der Waals surface area contributed by atoms with Crippen LogP contribution in [0.15, 0.2) is 88.3 Å². The van der Waals surface area contributed by atoms with Gasteiger partial charge in [0.25, 0.3) is 0 Å². The Labute approximate surface area is 158 Å². The summed E-state index contributed by atoms with van der Waals surface area (Å²) in [5, 5.41) is 10.7. The molecule has 28 heavy (non-hydrogen) atoms. The van der Waals surface area contributed by atoms with Crippen molar-refractivity contribution in [2.45, 2.75) is 6.18 Å². The van der Waals surface area contributed by atoms with Gasteiger partial charge in [0.2, 0.25) is 0 Å². The van der Waals surface area contributed by atoms with E-state index in [9.17, 15) is 18.3 Å². The number of rotatable bonds is 2. The number of alkyl halides is 3. The molecule has 0 atom stereocenters. The molecule has 0 unspecified atom stereocenters. The molecule has 0 aliphatic heterocycles. The van der Waals surface area contributed by atoms with Crippen molar-refractivity contribution in [2.75, 3.05) is 0 Å². The summed E-state index contributed by atoms with van der Waals surface area (Å²) >= 11 is 0. The monoisotopic (exact) mass is 381 g/mol. The highest BCUT2D eigenvalue weighted by atomic mass is 19.4. The van der Waals surface area contributed by atoms with Crippen LogP contribution in [0.2, 0.25) is 0 Å². The Hall–Kier alpha value is -3.54. The van der Waals surface area contributed by atoms with E-state index in [2.05, 4.69) is 4.99 Å². The average Bonchev–Trinajstić information content (AvgIpc) is 2.68. The van der Waals surface area contributed by atoms with Crippen LogP contribution in [-0.4, -0.2) is 5.11 Å². The van der Waals surface area contributed by atoms with E-state index < -0.39 is 11.7 Å². The molecule has 4 rings (SSSR count). The van der Waals surface area contributed by atoms with Gasteiger partial charge < -0.3 is 9.52 Å². The lowest BCUT2D eigenvalue weighted by Gasteiger charge is -2.07. The Morgan fingerprint density at radius 3 is 2.36 bits per heavy atom. The third kappa shape index (κ3) is 3.62. The van der Waals surface area contributed by atoms with Crippen LogP contribution in [0.4, 0.5) is 18.9 Å². The molecule has 0 fully saturated rings. The number of hydrogen-bond acceptors (Lipinski definition) is 3. The molecule has 0 saturated carbocycles. The predicted molar refractivity (Wildman–Crippen MR) is 100.0 cm³/mol. The normalized spacial score (nSPS) is 12.5. The number of aromatic hydroxyl groups is 1. The topological polar surface area (TPSA) is 45.7 Å². The molecule has 1 heterocycles. The smallest absolute Gasteiger partial charge is 0.416 e. The fourth-order valence-electron chi connectivity index (χ4n) is 2.89. The quantitative estimate of drug-likeness (QED) is 0.459. The fraction of sp³-hybridized carbons (Fsp3) is 0.0455. The molecule has 3 nitrogen and oxygen atoms in total. The molecule has 1 N–H and O–H groups in total. The molecule has 0 radical (unpaired) electrons. The number of fused-ring (bicyclic) bond motifs is 1. The SMILES string of the molecule is Oc1ccc2oc(-c3ccccc3)cc(=Nc3cccc(C(F)(F)F)c3)c2c1. The molecule has 6 heteroatoms. The zero-order chi connectivity index (χ0) is 19.7. The maximum absolute atomic E-state index is 13.0. The second-order valence-corrected chi connectivity index (χ2v) is 6.20. The first-order valence-electron chi connectivity index (χ1n) is 8.44. The molecule has 140 valence electrons. The maximum Gasteiger partial charge on any atom is 0.416 e. The Morgan fingerprint density at radius 1 is 0.821 bits per heavy atom. The van der Waals surface area contributed by atoms with Gasteiger partial charge in [0, 0.05) is 17.0 Å². The zero-order valence-electron chi connectivity index (χ0n) is 14.4. The molecule has 0 amide bonds. The summed E-state index contributed by atoms with van der Waals surface area (Å²) in [5.74, 6) is 0.528. The number of phenols is 1. The molecule has 4 aromatic rings. The summed E-state index contributed by atoms with van der Waals surface area (Å²) in [6.45, 7) is 0. The van der Waals surface area contributed by atoms with Crippen LogP contribution in [0.1, 0.15) is 5.56 Å². The zero-order valence-corrected chi connectivity index (χ0v) is 14.4. The highest BCUT2D eigenvalue weighted by molar-refractivity contribution is 5.80. The molecule has 0 aliphatic carbocycles. The number of phenolic OH excluding ortho intramolecular Hbond substituents is 1. The molecular formula is C22H14F3NO2. The second-order valence-electron chi connectivity index (χ2n) is 6.20. The summed E-state index contributed by atoms with van der Waals surface area (Å²) in [7, 11) is 0. The average molecular weight is 381 g/mol. The Morgan fingerprint density at radius 2 is 1.61 bits per heavy atom. The predicted octanol–water partition coefficient (Wildman–Crippen LogP) is 6.06. The molecular weight excluding hydrogens is 367 g/mol. The van der Waals surface area contributed by atoms with Gasteiger partial charge in [0.1, 0.15) is 17.1 Å². The highest BCUT2D eigenvalue weighted by Crippen LogP contribution is 2.31. The van der Waals surface area contributed by atoms with Crippen LogP contribution < -0.4 is 5.36 Å². The van der Waals surface area contributed by atoms with Crippen molar-refractivity contribution in [3.05, 3.63) is 89.8 Å². The first-order chi connectivity index (χ1) is 13.4. The maximum atomic E-state index is 13.0.